The van der Waals surface area contributed by atoms with Crippen LogP contribution in [0.5, 0.6) is 0 Å². The van der Waals surface area contributed by atoms with Crippen molar-refractivity contribution in [2.24, 2.45) is 11.7 Å². The van der Waals surface area contributed by atoms with E-state index < -0.39 is 0 Å². The maximum Gasteiger partial charge on any atom is 0.0788 e. The second kappa shape index (κ2) is 5.48. The van der Waals surface area contributed by atoms with Crippen molar-refractivity contribution in [1.29, 1.82) is 0 Å². The molecule has 0 spiro atoms. The van der Waals surface area contributed by atoms with E-state index in [1.54, 1.807) is 0 Å². The molecule has 3 rings (SSSR count). The Bertz CT molecular complexity index is 376. The van der Waals surface area contributed by atoms with Gasteiger partial charge in [0.1, 0.15) is 0 Å². The molecule has 4 heteroatoms. The SMILES string of the molecule is CC1(C)OC(C)(C)C(CN2CCC(N3CCCC3)C2)C1N. The van der Waals surface area contributed by atoms with Crippen LogP contribution in [0.25, 0.3) is 0 Å². The lowest BCUT2D eigenvalue weighted by molar-refractivity contribution is -0.0781. The fraction of sp³-hybridized carbons (Fsp3) is 1.00. The molecule has 3 saturated heterocycles. The highest BCUT2D eigenvalue weighted by molar-refractivity contribution is 5.05. The predicted octanol–water partition coefficient (Wildman–Crippen LogP) is 1.69. The Hall–Kier alpha value is -0.160. The van der Waals surface area contributed by atoms with Crippen LogP contribution >= 0.6 is 0 Å². The largest absolute Gasteiger partial charge is 0.368 e. The molecule has 3 aliphatic rings. The van der Waals surface area contributed by atoms with Gasteiger partial charge in [0.2, 0.25) is 0 Å². The highest BCUT2D eigenvalue weighted by Crippen LogP contribution is 2.41. The molecule has 2 N–H and O–H groups in total. The maximum absolute atomic E-state index is 6.51. The van der Waals surface area contributed by atoms with Crippen LogP contribution in [0, 0.1) is 5.92 Å². The fourth-order valence-electron chi connectivity index (χ4n) is 4.73. The molecule has 0 saturated carbocycles. The molecule has 0 aromatic rings. The van der Waals surface area contributed by atoms with E-state index in [-0.39, 0.29) is 17.2 Å². The smallest absolute Gasteiger partial charge is 0.0788 e. The highest BCUT2D eigenvalue weighted by atomic mass is 16.5. The Morgan fingerprint density at radius 1 is 1.05 bits per heavy atom. The second-order valence-electron chi connectivity index (χ2n) is 8.39. The van der Waals surface area contributed by atoms with Crippen molar-refractivity contribution in [2.45, 2.75) is 70.2 Å². The van der Waals surface area contributed by atoms with Crippen molar-refractivity contribution in [3.63, 3.8) is 0 Å². The number of hydrogen-bond donors (Lipinski definition) is 1. The number of ether oxygens (including phenoxy) is 1. The average molecular weight is 295 g/mol. The molecule has 0 aromatic heterocycles. The molecule has 3 unspecified atom stereocenters. The van der Waals surface area contributed by atoms with Crippen LogP contribution in [0.1, 0.15) is 47.0 Å². The van der Waals surface area contributed by atoms with Gasteiger partial charge in [-0.15, -0.1) is 0 Å². The minimum atomic E-state index is -0.206. The van der Waals surface area contributed by atoms with Gasteiger partial charge in [-0.1, -0.05) is 0 Å². The van der Waals surface area contributed by atoms with Gasteiger partial charge >= 0.3 is 0 Å². The van der Waals surface area contributed by atoms with E-state index in [9.17, 15) is 0 Å². The summed E-state index contributed by atoms with van der Waals surface area (Å²) < 4.78 is 6.24. The van der Waals surface area contributed by atoms with E-state index >= 15 is 0 Å². The molecule has 21 heavy (non-hydrogen) atoms. The summed E-state index contributed by atoms with van der Waals surface area (Å²) in [6.45, 7) is 14.8. The maximum atomic E-state index is 6.51. The molecule has 0 aromatic carbocycles. The normalized spacial score (nSPS) is 40.1. The zero-order valence-electron chi connectivity index (χ0n) is 14.3. The van der Waals surface area contributed by atoms with Crippen LogP contribution in [0.15, 0.2) is 0 Å². The van der Waals surface area contributed by atoms with Gasteiger partial charge < -0.3 is 15.4 Å². The first-order valence-electron chi connectivity index (χ1n) is 8.72. The molecule has 3 aliphatic heterocycles. The first-order valence-corrected chi connectivity index (χ1v) is 8.72. The first kappa shape index (κ1) is 15.7. The van der Waals surface area contributed by atoms with Crippen molar-refractivity contribution in [3.8, 4) is 0 Å². The quantitative estimate of drug-likeness (QED) is 0.860. The van der Waals surface area contributed by atoms with Gasteiger partial charge in [0, 0.05) is 31.1 Å². The van der Waals surface area contributed by atoms with Gasteiger partial charge in [0.05, 0.1) is 11.2 Å². The van der Waals surface area contributed by atoms with Crippen LogP contribution in [0.4, 0.5) is 0 Å². The zero-order chi connectivity index (χ0) is 15.3. The van der Waals surface area contributed by atoms with Crippen molar-refractivity contribution < 1.29 is 4.74 Å². The predicted molar refractivity (Wildman–Crippen MR) is 86.4 cm³/mol. The summed E-state index contributed by atoms with van der Waals surface area (Å²) >= 11 is 0. The third kappa shape index (κ3) is 3.00. The van der Waals surface area contributed by atoms with Crippen LogP contribution in [0.3, 0.4) is 0 Å². The van der Waals surface area contributed by atoms with E-state index in [0.29, 0.717) is 5.92 Å². The third-order valence-electron chi connectivity index (χ3n) is 6.01. The monoisotopic (exact) mass is 295 g/mol. The standard InChI is InChI=1S/C17H33N3O/c1-16(2)14(15(18)17(3,4)21-16)12-19-10-7-13(11-19)20-8-5-6-9-20/h13-15H,5-12,18H2,1-4H3. The first-order chi connectivity index (χ1) is 9.79. The summed E-state index contributed by atoms with van der Waals surface area (Å²) in [6, 6.07) is 0.903. The number of likely N-dealkylation sites (tertiary alicyclic amines) is 2. The number of hydrogen-bond acceptors (Lipinski definition) is 4. The van der Waals surface area contributed by atoms with Crippen LogP contribution in [-0.2, 0) is 4.74 Å². The Labute approximate surface area is 130 Å². The van der Waals surface area contributed by atoms with E-state index in [2.05, 4.69) is 37.5 Å². The molecule has 3 fully saturated rings. The lowest BCUT2D eigenvalue weighted by atomic mass is 9.83. The third-order valence-corrected chi connectivity index (χ3v) is 6.01. The molecule has 0 radical (unpaired) electrons. The summed E-state index contributed by atoms with van der Waals surface area (Å²) in [5.74, 6) is 0.421. The van der Waals surface area contributed by atoms with Gasteiger partial charge in [-0.2, -0.15) is 0 Å². The van der Waals surface area contributed by atoms with E-state index in [1.165, 1.54) is 45.4 Å². The number of nitrogens with zero attached hydrogens (tertiary/aromatic N) is 2. The number of nitrogens with two attached hydrogens (primary N) is 1. The Morgan fingerprint density at radius 2 is 1.71 bits per heavy atom. The molecule has 0 amide bonds. The Morgan fingerprint density at radius 3 is 2.29 bits per heavy atom. The number of rotatable bonds is 3. The Kier molecular flexibility index (Phi) is 4.11. The fourth-order valence-corrected chi connectivity index (χ4v) is 4.73. The molecule has 0 aliphatic carbocycles. The zero-order valence-corrected chi connectivity index (χ0v) is 14.3. The van der Waals surface area contributed by atoms with E-state index in [1.807, 2.05) is 0 Å². The molecule has 122 valence electrons. The van der Waals surface area contributed by atoms with Gasteiger partial charge in [-0.3, -0.25) is 4.90 Å². The molecule has 4 nitrogen and oxygen atoms in total. The molecular weight excluding hydrogens is 262 g/mol. The van der Waals surface area contributed by atoms with Crippen molar-refractivity contribution in [1.82, 2.24) is 9.80 Å². The van der Waals surface area contributed by atoms with Gasteiger partial charge in [0.25, 0.3) is 0 Å². The lowest BCUT2D eigenvalue weighted by Crippen LogP contribution is -2.48. The van der Waals surface area contributed by atoms with Crippen molar-refractivity contribution in [3.05, 3.63) is 0 Å². The summed E-state index contributed by atoms with van der Waals surface area (Å²) in [6.07, 6.45) is 4.10. The van der Waals surface area contributed by atoms with Gasteiger partial charge in [-0.25, -0.2) is 0 Å². The van der Waals surface area contributed by atoms with E-state index in [0.717, 1.165) is 12.6 Å². The molecule has 3 atom stereocenters. The average Bonchev–Trinajstić information content (AvgIpc) is 3.06. The topological polar surface area (TPSA) is 41.7 Å². The van der Waals surface area contributed by atoms with Crippen LogP contribution in [0.2, 0.25) is 0 Å². The summed E-state index contributed by atoms with van der Waals surface area (Å²) in [4.78, 5) is 5.32. The summed E-state index contributed by atoms with van der Waals surface area (Å²) in [7, 11) is 0. The van der Waals surface area contributed by atoms with E-state index in [4.69, 9.17) is 10.5 Å². The van der Waals surface area contributed by atoms with Crippen molar-refractivity contribution >= 4 is 0 Å². The van der Waals surface area contributed by atoms with Crippen LogP contribution < -0.4 is 5.73 Å². The van der Waals surface area contributed by atoms with Crippen molar-refractivity contribution in [2.75, 3.05) is 32.7 Å². The minimum Gasteiger partial charge on any atom is -0.368 e. The second-order valence-corrected chi connectivity index (χ2v) is 8.39. The van der Waals surface area contributed by atoms with Crippen LogP contribution in [-0.4, -0.2) is 65.8 Å². The molecule has 3 heterocycles. The highest BCUT2D eigenvalue weighted by Gasteiger charge is 2.52. The lowest BCUT2D eigenvalue weighted by Gasteiger charge is -2.31. The van der Waals surface area contributed by atoms with Gasteiger partial charge in [-0.05, 0) is 66.6 Å². The molecular formula is C17H33N3O. The summed E-state index contributed by atoms with van der Waals surface area (Å²) in [5, 5.41) is 0. The van der Waals surface area contributed by atoms with Gasteiger partial charge in [0.15, 0.2) is 0 Å². The molecule has 0 bridgehead atoms. The minimum absolute atomic E-state index is 0.116. The summed E-state index contributed by atoms with van der Waals surface area (Å²) in [5.41, 5.74) is 6.18. The Balaban J connectivity index is 1.59.